The van der Waals surface area contributed by atoms with E-state index >= 15 is 0 Å². The lowest BCUT2D eigenvalue weighted by molar-refractivity contribution is -0.384. The molecule has 0 atom stereocenters. The number of nitrogens with one attached hydrogen (secondary N) is 1. The molecular weight excluding hydrogens is 258 g/mol. The van der Waals surface area contributed by atoms with Crippen LogP contribution in [0.25, 0.3) is 5.69 Å². The summed E-state index contributed by atoms with van der Waals surface area (Å²) in [5.41, 5.74) is 1.78. The van der Waals surface area contributed by atoms with Crippen molar-refractivity contribution < 1.29 is 4.92 Å². The molecule has 0 aliphatic heterocycles. The quantitative estimate of drug-likeness (QED) is 0.518. The summed E-state index contributed by atoms with van der Waals surface area (Å²) in [4.78, 5) is 23.1. The predicted molar refractivity (Wildman–Crippen MR) is 74.3 cm³/mol. The zero-order valence-electron chi connectivity index (χ0n) is 11.0. The van der Waals surface area contributed by atoms with Gasteiger partial charge in [0, 0.05) is 17.3 Å². The molecule has 1 aliphatic rings. The summed E-state index contributed by atoms with van der Waals surface area (Å²) in [5, 5.41) is 14.1. The molecule has 20 heavy (non-hydrogen) atoms. The van der Waals surface area contributed by atoms with Crippen molar-refractivity contribution in [1.29, 1.82) is 0 Å². The summed E-state index contributed by atoms with van der Waals surface area (Å²) in [7, 11) is 0. The van der Waals surface area contributed by atoms with Crippen LogP contribution in [0.15, 0.2) is 29.1 Å². The first-order chi connectivity index (χ1) is 9.68. The number of nitro benzene ring substituents is 1. The Kier molecular flexibility index (Phi) is 3.14. The van der Waals surface area contributed by atoms with Crippen LogP contribution >= 0.6 is 0 Å². The molecule has 0 unspecified atom stereocenters. The Morgan fingerprint density at radius 1 is 1.15 bits per heavy atom. The minimum absolute atomic E-state index is 0.0639. The molecular formula is C14H15N3O3. The Morgan fingerprint density at radius 2 is 1.90 bits per heavy atom. The highest BCUT2D eigenvalue weighted by atomic mass is 16.6. The number of aromatic nitrogens is 2. The fraction of sp³-hybridized carbons (Fsp3) is 0.357. The number of hydrogen-bond acceptors (Lipinski definition) is 3. The lowest BCUT2D eigenvalue weighted by Gasteiger charge is -2.03. The molecule has 0 saturated carbocycles. The van der Waals surface area contributed by atoms with E-state index in [-0.39, 0.29) is 11.2 Å². The van der Waals surface area contributed by atoms with E-state index in [1.165, 1.54) is 10.7 Å². The van der Waals surface area contributed by atoms with E-state index in [0.29, 0.717) is 5.69 Å². The molecule has 1 aliphatic carbocycles. The smallest absolute Gasteiger partial charge is 0.294 e. The maximum absolute atomic E-state index is 12.5. The van der Waals surface area contributed by atoms with E-state index < -0.39 is 4.92 Å². The van der Waals surface area contributed by atoms with Crippen molar-refractivity contribution in [3.8, 4) is 5.69 Å². The molecule has 1 aromatic carbocycles. The van der Waals surface area contributed by atoms with Crippen molar-refractivity contribution in [2.45, 2.75) is 32.1 Å². The van der Waals surface area contributed by atoms with Crippen LogP contribution in [0, 0.1) is 10.1 Å². The van der Waals surface area contributed by atoms with E-state index in [4.69, 9.17) is 0 Å². The second kappa shape index (κ2) is 4.96. The molecule has 1 aromatic heterocycles. The van der Waals surface area contributed by atoms with E-state index in [1.54, 1.807) is 18.2 Å². The number of aromatic amines is 1. The topological polar surface area (TPSA) is 80.9 Å². The standard InChI is InChI=1S/C14H15N3O3/c18-14-10-6-2-1-3-7-11(10)15-16(14)12-8-4-5-9-13(12)17(19)20/h4-5,8-9,15H,1-3,6-7H2. The van der Waals surface area contributed by atoms with Crippen LogP contribution in [0.1, 0.15) is 30.5 Å². The Balaban J connectivity index is 2.17. The van der Waals surface area contributed by atoms with Gasteiger partial charge in [-0.2, -0.15) is 0 Å². The fourth-order valence-electron chi connectivity index (χ4n) is 2.74. The highest BCUT2D eigenvalue weighted by Gasteiger charge is 2.21. The van der Waals surface area contributed by atoms with Gasteiger partial charge in [-0.15, -0.1) is 0 Å². The molecule has 0 fully saturated rings. The van der Waals surface area contributed by atoms with Crippen LogP contribution in [-0.2, 0) is 12.8 Å². The average molecular weight is 273 g/mol. The largest absolute Gasteiger partial charge is 0.295 e. The second-order valence-corrected chi connectivity index (χ2v) is 5.02. The molecule has 6 heteroatoms. The minimum Gasteiger partial charge on any atom is -0.295 e. The Hall–Kier alpha value is -2.37. The third-order valence-corrected chi connectivity index (χ3v) is 3.75. The molecule has 0 radical (unpaired) electrons. The third kappa shape index (κ3) is 2.03. The number of hydrogen-bond donors (Lipinski definition) is 1. The Bertz CT molecular complexity index is 715. The maximum atomic E-state index is 12.5. The molecule has 0 bridgehead atoms. The second-order valence-electron chi connectivity index (χ2n) is 5.02. The van der Waals surface area contributed by atoms with Gasteiger partial charge in [0.1, 0.15) is 5.69 Å². The number of rotatable bonds is 2. The summed E-state index contributed by atoms with van der Waals surface area (Å²) in [6, 6.07) is 6.30. The molecule has 1 heterocycles. The Labute approximate surface area is 115 Å². The van der Waals surface area contributed by atoms with Gasteiger partial charge in [0.15, 0.2) is 0 Å². The number of para-hydroxylation sites is 2. The van der Waals surface area contributed by atoms with Gasteiger partial charge in [-0.3, -0.25) is 20.0 Å². The summed E-state index contributed by atoms with van der Waals surface area (Å²) >= 11 is 0. The van der Waals surface area contributed by atoms with Crippen LogP contribution in [-0.4, -0.2) is 14.7 Å². The summed E-state index contributed by atoms with van der Waals surface area (Å²) in [6.07, 6.45) is 4.74. The van der Waals surface area contributed by atoms with Gasteiger partial charge in [0.25, 0.3) is 11.2 Å². The molecule has 3 rings (SSSR count). The van der Waals surface area contributed by atoms with E-state index in [1.807, 2.05) is 0 Å². The van der Waals surface area contributed by atoms with Crippen LogP contribution < -0.4 is 5.56 Å². The van der Waals surface area contributed by atoms with Gasteiger partial charge < -0.3 is 0 Å². The van der Waals surface area contributed by atoms with E-state index in [9.17, 15) is 14.9 Å². The van der Waals surface area contributed by atoms with Crippen molar-refractivity contribution in [2.24, 2.45) is 0 Å². The minimum atomic E-state index is -0.464. The van der Waals surface area contributed by atoms with E-state index in [2.05, 4.69) is 5.10 Å². The number of benzene rings is 1. The molecule has 6 nitrogen and oxygen atoms in total. The van der Waals surface area contributed by atoms with Crippen molar-refractivity contribution in [2.75, 3.05) is 0 Å². The monoisotopic (exact) mass is 273 g/mol. The summed E-state index contributed by atoms with van der Waals surface area (Å²) in [6.45, 7) is 0. The van der Waals surface area contributed by atoms with Gasteiger partial charge in [0.05, 0.1) is 4.92 Å². The van der Waals surface area contributed by atoms with Crippen LogP contribution in [0.4, 0.5) is 5.69 Å². The average Bonchev–Trinajstić information content (AvgIpc) is 2.64. The van der Waals surface area contributed by atoms with Crippen molar-refractivity contribution in [3.05, 3.63) is 56.0 Å². The van der Waals surface area contributed by atoms with Crippen LogP contribution in [0.2, 0.25) is 0 Å². The zero-order chi connectivity index (χ0) is 14.1. The maximum Gasteiger partial charge on any atom is 0.294 e. The molecule has 104 valence electrons. The first kappa shape index (κ1) is 12.7. The number of aryl methyl sites for hydroxylation is 1. The normalized spacial score (nSPS) is 14.6. The lowest BCUT2D eigenvalue weighted by Crippen LogP contribution is -2.18. The molecule has 1 N–H and O–H groups in total. The highest BCUT2D eigenvalue weighted by molar-refractivity contribution is 5.52. The van der Waals surface area contributed by atoms with Crippen LogP contribution in [0.3, 0.4) is 0 Å². The zero-order valence-corrected chi connectivity index (χ0v) is 11.0. The predicted octanol–water partition coefficient (Wildman–Crippen LogP) is 2.34. The number of nitro groups is 1. The van der Waals surface area contributed by atoms with Crippen molar-refractivity contribution >= 4 is 5.69 Å². The van der Waals surface area contributed by atoms with Crippen molar-refractivity contribution in [1.82, 2.24) is 9.78 Å². The molecule has 0 saturated heterocycles. The lowest BCUT2D eigenvalue weighted by atomic mass is 10.1. The third-order valence-electron chi connectivity index (χ3n) is 3.75. The van der Waals surface area contributed by atoms with Gasteiger partial charge in [-0.1, -0.05) is 18.6 Å². The summed E-state index contributed by atoms with van der Waals surface area (Å²) in [5.74, 6) is 0. The van der Waals surface area contributed by atoms with Gasteiger partial charge >= 0.3 is 0 Å². The summed E-state index contributed by atoms with van der Waals surface area (Å²) < 4.78 is 1.31. The first-order valence-corrected chi connectivity index (χ1v) is 6.75. The van der Waals surface area contributed by atoms with Crippen LogP contribution in [0.5, 0.6) is 0 Å². The fourth-order valence-corrected chi connectivity index (χ4v) is 2.74. The van der Waals surface area contributed by atoms with Crippen molar-refractivity contribution in [3.63, 3.8) is 0 Å². The molecule has 2 aromatic rings. The van der Waals surface area contributed by atoms with E-state index in [0.717, 1.165) is 43.4 Å². The highest BCUT2D eigenvalue weighted by Crippen LogP contribution is 2.23. The SMILES string of the molecule is O=c1c2c([nH]n1-c1ccccc1[N+](=O)[O-])CCCCC2. The van der Waals surface area contributed by atoms with Gasteiger partial charge in [0.2, 0.25) is 0 Å². The van der Waals surface area contributed by atoms with Gasteiger partial charge in [-0.05, 0) is 31.7 Å². The Morgan fingerprint density at radius 3 is 2.70 bits per heavy atom. The van der Waals surface area contributed by atoms with Gasteiger partial charge in [-0.25, -0.2) is 4.68 Å². The number of fused-ring (bicyclic) bond motifs is 1. The molecule has 0 spiro atoms. The first-order valence-electron chi connectivity index (χ1n) is 6.75. The number of H-pyrrole nitrogens is 1. The molecule has 0 amide bonds. The number of nitrogens with zero attached hydrogens (tertiary/aromatic N) is 2.